The summed E-state index contributed by atoms with van der Waals surface area (Å²) < 4.78 is 26.6. The van der Waals surface area contributed by atoms with Gasteiger partial charge in [-0.05, 0) is 50.5 Å². The van der Waals surface area contributed by atoms with Crippen molar-refractivity contribution in [2.45, 2.75) is 52.0 Å². The van der Waals surface area contributed by atoms with Crippen molar-refractivity contribution in [1.82, 2.24) is 9.62 Å². The molecule has 0 saturated heterocycles. The maximum absolute atomic E-state index is 12.4. The molecule has 0 bridgehead atoms. The van der Waals surface area contributed by atoms with Crippen LogP contribution in [0.4, 0.5) is 0 Å². The zero-order valence-corrected chi connectivity index (χ0v) is 13.1. The van der Waals surface area contributed by atoms with Crippen molar-refractivity contribution < 1.29 is 8.42 Å². The van der Waals surface area contributed by atoms with E-state index < -0.39 is 10.0 Å². The summed E-state index contributed by atoms with van der Waals surface area (Å²) in [6, 6.07) is 0.428. The van der Waals surface area contributed by atoms with Gasteiger partial charge in [-0.2, -0.15) is 0 Å². The largest absolute Gasteiger partial charge is 0.314 e. The van der Waals surface area contributed by atoms with Gasteiger partial charge in [0.2, 0.25) is 10.0 Å². The first-order valence-electron chi connectivity index (χ1n) is 7.68. The minimum absolute atomic E-state index is 0.298. The third kappa shape index (κ3) is 5.79. The highest BCUT2D eigenvalue weighted by Gasteiger charge is 2.34. The van der Waals surface area contributed by atoms with Crippen LogP contribution in [0, 0.1) is 11.8 Å². The molecule has 0 aromatic carbocycles. The lowest BCUT2D eigenvalue weighted by Crippen LogP contribution is -2.37. The maximum atomic E-state index is 12.4. The summed E-state index contributed by atoms with van der Waals surface area (Å²) in [4.78, 5) is 0. The predicted octanol–water partition coefficient (Wildman–Crippen LogP) is 1.83. The Kier molecular flexibility index (Phi) is 5.26. The van der Waals surface area contributed by atoms with Gasteiger partial charge in [-0.25, -0.2) is 12.7 Å². The van der Waals surface area contributed by atoms with Crippen molar-refractivity contribution in [2.75, 3.05) is 25.4 Å². The van der Waals surface area contributed by atoms with Crippen LogP contribution in [0.3, 0.4) is 0 Å². The van der Waals surface area contributed by atoms with Crippen molar-refractivity contribution in [3.05, 3.63) is 0 Å². The Balaban J connectivity index is 1.78. The molecule has 1 N–H and O–H groups in total. The summed E-state index contributed by atoms with van der Waals surface area (Å²) in [7, 11) is -3.04. The normalized spacial score (nSPS) is 20.4. The van der Waals surface area contributed by atoms with Gasteiger partial charge in [0.25, 0.3) is 0 Å². The topological polar surface area (TPSA) is 49.4 Å². The van der Waals surface area contributed by atoms with Crippen molar-refractivity contribution in [3.63, 3.8) is 0 Å². The molecule has 0 amide bonds. The fourth-order valence-electron chi connectivity index (χ4n) is 2.25. The van der Waals surface area contributed by atoms with E-state index in [1.807, 2.05) is 0 Å². The van der Waals surface area contributed by atoms with Gasteiger partial charge in [0.15, 0.2) is 0 Å². The van der Waals surface area contributed by atoms with E-state index in [-0.39, 0.29) is 0 Å². The Morgan fingerprint density at radius 2 is 1.63 bits per heavy atom. The molecule has 2 fully saturated rings. The molecule has 4 nitrogen and oxygen atoms in total. The monoisotopic (exact) mass is 288 g/mol. The standard InChI is InChI=1S/C14H28N2O2S/c1-12(2)15-8-3-9-19(17,18)16(10-13-4-5-13)11-14-6-7-14/h12-15H,3-11H2,1-2H3. The summed E-state index contributed by atoms with van der Waals surface area (Å²) in [5.41, 5.74) is 0. The highest BCUT2D eigenvalue weighted by molar-refractivity contribution is 7.89. The highest BCUT2D eigenvalue weighted by atomic mass is 32.2. The molecule has 0 unspecified atom stereocenters. The minimum atomic E-state index is -3.04. The Hall–Kier alpha value is -0.130. The third-order valence-corrected chi connectivity index (χ3v) is 5.73. The number of hydrogen-bond donors (Lipinski definition) is 1. The van der Waals surface area contributed by atoms with E-state index in [2.05, 4.69) is 19.2 Å². The number of rotatable bonds is 10. The van der Waals surface area contributed by atoms with Crippen LogP contribution >= 0.6 is 0 Å². The van der Waals surface area contributed by atoms with Crippen LogP contribution in [0.1, 0.15) is 46.0 Å². The Labute approximate surface area is 118 Å². The van der Waals surface area contributed by atoms with Gasteiger partial charge in [0.05, 0.1) is 5.75 Å². The molecule has 2 aliphatic carbocycles. The molecule has 0 aromatic rings. The fourth-order valence-corrected chi connectivity index (χ4v) is 3.90. The van der Waals surface area contributed by atoms with Crippen molar-refractivity contribution >= 4 is 10.0 Å². The Morgan fingerprint density at radius 1 is 1.11 bits per heavy atom. The predicted molar refractivity (Wildman–Crippen MR) is 78.6 cm³/mol. The van der Waals surface area contributed by atoms with Crippen molar-refractivity contribution in [2.24, 2.45) is 11.8 Å². The zero-order valence-electron chi connectivity index (χ0n) is 12.3. The number of hydrogen-bond acceptors (Lipinski definition) is 3. The summed E-state index contributed by atoms with van der Waals surface area (Å²) in [5, 5.41) is 3.28. The smallest absolute Gasteiger partial charge is 0.214 e. The fraction of sp³-hybridized carbons (Fsp3) is 1.00. The van der Waals surface area contributed by atoms with E-state index in [9.17, 15) is 8.42 Å². The molecule has 2 aliphatic rings. The molecule has 19 heavy (non-hydrogen) atoms. The van der Waals surface area contributed by atoms with Crippen molar-refractivity contribution in [1.29, 1.82) is 0 Å². The minimum Gasteiger partial charge on any atom is -0.314 e. The lowest BCUT2D eigenvalue weighted by Gasteiger charge is -2.22. The molecule has 112 valence electrons. The molecule has 2 rings (SSSR count). The zero-order chi connectivity index (χ0) is 13.9. The number of nitrogens with one attached hydrogen (secondary N) is 1. The second-order valence-electron chi connectivity index (χ2n) is 6.48. The average molecular weight is 288 g/mol. The van der Waals surface area contributed by atoms with Gasteiger partial charge in [-0.15, -0.1) is 0 Å². The van der Waals surface area contributed by atoms with E-state index >= 15 is 0 Å². The first-order valence-corrected chi connectivity index (χ1v) is 9.29. The average Bonchev–Trinajstić information content (AvgIpc) is 3.17. The van der Waals surface area contributed by atoms with Crippen LogP contribution in [-0.4, -0.2) is 44.2 Å². The summed E-state index contributed by atoms with van der Waals surface area (Å²) >= 11 is 0. The van der Waals surface area contributed by atoms with E-state index in [1.165, 1.54) is 25.7 Å². The Bertz CT molecular complexity index is 359. The van der Waals surface area contributed by atoms with Gasteiger partial charge in [0, 0.05) is 19.1 Å². The van der Waals surface area contributed by atoms with Crippen molar-refractivity contribution in [3.8, 4) is 0 Å². The van der Waals surface area contributed by atoms with E-state index in [4.69, 9.17) is 0 Å². The SMILES string of the molecule is CC(C)NCCCS(=O)(=O)N(CC1CC1)CC1CC1. The third-order valence-electron chi connectivity index (χ3n) is 3.84. The van der Waals surface area contributed by atoms with Crippen LogP contribution in [0.5, 0.6) is 0 Å². The molecule has 0 aliphatic heterocycles. The van der Waals surface area contributed by atoms with Gasteiger partial charge in [-0.1, -0.05) is 13.8 Å². The lowest BCUT2D eigenvalue weighted by atomic mass is 10.4. The summed E-state index contributed by atoms with van der Waals surface area (Å²) in [6.07, 6.45) is 5.57. The van der Waals surface area contributed by atoms with Gasteiger partial charge in [0.1, 0.15) is 0 Å². The maximum Gasteiger partial charge on any atom is 0.214 e. The first kappa shape index (κ1) is 15.3. The number of sulfonamides is 1. The molecule has 5 heteroatoms. The quantitative estimate of drug-likeness (QED) is 0.624. The molecule has 0 radical (unpaired) electrons. The number of nitrogens with zero attached hydrogens (tertiary/aromatic N) is 1. The molecule has 0 aromatic heterocycles. The van der Waals surface area contributed by atoms with Crippen LogP contribution in [-0.2, 0) is 10.0 Å². The van der Waals surface area contributed by atoms with E-state index in [0.717, 1.165) is 19.6 Å². The van der Waals surface area contributed by atoms with Gasteiger partial charge < -0.3 is 5.32 Å². The van der Waals surface area contributed by atoms with Crippen LogP contribution in [0.15, 0.2) is 0 Å². The van der Waals surface area contributed by atoms with Crippen LogP contribution in [0.2, 0.25) is 0 Å². The lowest BCUT2D eigenvalue weighted by molar-refractivity contribution is 0.381. The van der Waals surface area contributed by atoms with Gasteiger partial charge >= 0.3 is 0 Å². The summed E-state index contributed by atoms with van der Waals surface area (Å²) in [5.74, 6) is 1.58. The molecule has 2 saturated carbocycles. The second-order valence-corrected chi connectivity index (χ2v) is 8.57. The molecular weight excluding hydrogens is 260 g/mol. The first-order chi connectivity index (χ1) is 8.97. The second kappa shape index (κ2) is 6.55. The van der Waals surface area contributed by atoms with E-state index in [0.29, 0.717) is 30.1 Å². The molecule has 0 heterocycles. The molecule has 0 atom stereocenters. The summed E-state index contributed by atoms with van der Waals surface area (Å²) in [6.45, 7) is 6.51. The highest BCUT2D eigenvalue weighted by Crippen LogP contribution is 2.34. The molecule has 0 spiro atoms. The van der Waals surface area contributed by atoms with Crippen LogP contribution < -0.4 is 5.32 Å². The Morgan fingerprint density at radius 3 is 2.05 bits per heavy atom. The van der Waals surface area contributed by atoms with E-state index in [1.54, 1.807) is 4.31 Å². The van der Waals surface area contributed by atoms with Gasteiger partial charge in [-0.3, -0.25) is 0 Å². The molecular formula is C14H28N2O2S. The van der Waals surface area contributed by atoms with Crippen LogP contribution in [0.25, 0.3) is 0 Å².